The molecule has 4 nitrogen and oxygen atoms in total. The van der Waals surface area contributed by atoms with Crippen LogP contribution in [0.15, 0.2) is 72.8 Å². The van der Waals surface area contributed by atoms with E-state index < -0.39 is 5.41 Å². The van der Waals surface area contributed by atoms with Crippen LogP contribution in [0.4, 0.5) is 0 Å². The SMILES string of the molecule is CC(C)(C)C(=O)C=C(O)C(C)(C)C.[Pt].c1cnc2c(c1)ccc1ccc3cccnc3c12. The first-order chi connectivity index (χ1) is 14.5. The summed E-state index contributed by atoms with van der Waals surface area (Å²) in [6.45, 7) is 11.1. The average Bonchev–Trinajstić information content (AvgIpc) is 2.72. The molecule has 1 N–H and O–H groups in total. The molecule has 0 atom stereocenters. The molecule has 0 fully saturated rings. The largest absolute Gasteiger partial charge is 0.512 e. The van der Waals surface area contributed by atoms with Gasteiger partial charge in [0.2, 0.25) is 0 Å². The van der Waals surface area contributed by atoms with E-state index >= 15 is 0 Å². The van der Waals surface area contributed by atoms with Crippen LogP contribution in [0, 0.1) is 10.8 Å². The van der Waals surface area contributed by atoms with Gasteiger partial charge in [-0.15, -0.1) is 0 Å². The zero-order chi connectivity index (χ0) is 22.8. The zero-order valence-corrected chi connectivity index (χ0v) is 21.7. The fourth-order valence-electron chi connectivity index (χ4n) is 3.05. The third-order valence-electron chi connectivity index (χ3n) is 5.10. The summed E-state index contributed by atoms with van der Waals surface area (Å²) in [5, 5.41) is 14.2. The average molecular weight is 610 g/mol. The van der Waals surface area contributed by atoms with Gasteiger partial charge in [-0.25, -0.2) is 0 Å². The summed E-state index contributed by atoms with van der Waals surface area (Å²) in [4.78, 5) is 20.5. The Balaban J connectivity index is 0.000000234. The quantitative estimate of drug-likeness (QED) is 0.143. The molecule has 0 amide bonds. The molecule has 4 rings (SSSR count). The van der Waals surface area contributed by atoms with Gasteiger partial charge in [0.1, 0.15) is 5.76 Å². The third-order valence-corrected chi connectivity index (χ3v) is 5.10. The van der Waals surface area contributed by atoms with Gasteiger partial charge in [0.05, 0.1) is 11.0 Å². The number of ketones is 1. The number of aromatic nitrogens is 2. The summed E-state index contributed by atoms with van der Waals surface area (Å²) in [6.07, 6.45) is 5.01. The maximum Gasteiger partial charge on any atom is 0.164 e. The first-order valence-electron chi connectivity index (χ1n) is 10.5. The van der Waals surface area contributed by atoms with Crippen molar-refractivity contribution in [2.45, 2.75) is 41.5 Å². The van der Waals surface area contributed by atoms with Crippen LogP contribution >= 0.6 is 0 Å². The van der Waals surface area contributed by atoms with Crippen molar-refractivity contribution in [2.75, 3.05) is 0 Å². The van der Waals surface area contributed by atoms with E-state index in [2.05, 4.69) is 46.4 Å². The van der Waals surface area contributed by atoms with Gasteiger partial charge in [0.25, 0.3) is 0 Å². The number of carbonyl (C=O) groups excluding carboxylic acids is 1. The van der Waals surface area contributed by atoms with Crippen LogP contribution < -0.4 is 0 Å². The Labute approximate surface area is 204 Å². The number of aliphatic hydroxyl groups excluding tert-OH is 1. The summed E-state index contributed by atoms with van der Waals surface area (Å²) in [6, 6.07) is 16.6. The van der Waals surface area contributed by atoms with E-state index in [9.17, 15) is 9.90 Å². The van der Waals surface area contributed by atoms with Gasteiger partial charge in [-0.3, -0.25) is 14.8 Å². The fraction of sp³-hybridized carbons (Fsp3) is 0.296. The van der Waals surface area contributed by atoms with Crippen LogP contribution in [-0.2, 0) is 25.9 Å². The molecule has 2 heterocycles. The molecule has 2 aromatic heterocycles. The second-order valence-corrected chi connectivity index (χ2v) is 9.77. The van der Waals surface area contributed by atoms with Gasteiger partial charge >= 0.3 is 0 Å². The predicted molar refractivity (Wildman–Crippen MR) is 129 cm³/mol. The number of allylic oxidation sites excluding steroid dienone is 2. The Hall–Kier alpha value is -2.58. The van der Waals surface area contributed by atoms with Crippen LogP contribution in [-0.4, -0.2) is 20.9 Å². The molecule has 32 heavy (non-hydrogen) atoms. The van der Waals surface area contributed by atoms with Gasteiger partial charge in [-0.05, 0) is 17.5 Å². The minimum atomic E-state index is -0.417. The van der Waals surface area contributed by atoms with Gasteiger partial charge in [-0.2, -0.15) is 0 Å². The number of carbonyl (C=O) groups is 1. The van der Waals surface area contributed by atoms with Crippen molar-refractivity contribution < 1.29 is 31.0 Å². The van der Waals surface area contributed by atoms with E-state index in [1.165, 1.54) is 11.5 Å². The standard InChI is InChI=1S/C16H10N2.C11H20O2.Pt/c1-3-12-7-5-11-6-8-13-4-2-10-18-16(13)14(11)15(12)17-9-1;1-10(2,3)8(12)7-9(13)11(4,5)6;/h1-10H;7,12H,1-6H3;. The number of fused-ring (bicyclic) bond motifs is 5. The summed E-state index contributed by atoms with van der Waals surface area (Å²) in [7, 11) is 0. The molecule has 0 radical (unpaired) electrons. The molecule has 0 aliphatic heterocycles. The summed E-state index contributed by atoms with van der Waals surface area (Å²) < 4.78 is 0. The molecule has 0 aliphatic carbocycles. The number of benzene rings is 2. The molecule has 0 spiro atoms. The number of hydrogen-bond donors (Lipinski definition) is 1. The van der Waals surface area contributed by atoms with E-state index in [0.717, 1.165) is 27.2 Å². The van der Waals surface area contributed by atoms with Gasteiger partial charge < -0.3 is 5.11 Å². The van der Waals surface area contributed by atoms with E-state index in [4.69, 9.17) is 0 Å². The first-order valence-corrected chi connectivity index (χ1v) is 10.5. The van der Waals surface area contributed by atoms with E-state index in [1.807, 2.05) is 66.1 Å². The van der Waals surface area contributed by atoms with Crippen molar-refractivity contribution in [1.82, 2.24) is 9.97 Å². The third kappa shape index (κ3) is 5.80. The number of rotatable bonds is 1. The first kappa shape index (κ1) is 25.7. The molecule has 0 saturated heterocycles. The molecule has 2 aromatic carbocycles. The number of nitrogens with zero attached hydrogens (tertiary/aromatic N) is 2. The Morgan fingerprint density at radius 3 is 1.59 bits per heavy atom. The van der Waals surface area contributed by atoms with Crippen molar-refractivity contribution in [1.29, 1.82) is 0 Å². The maximum atomic E-state index is 11.5. The molecular formula is C27H30N2O2Pt. The van der Waals surface area contributed by atoms with Gasteiger partial charge in [-0.1, -0.05) is 77.9 Å². The Bertz CT molecular complexity index is 1210. The fourth-order valence-corrected chi connectivity index (χ4v) is 3.05. The van der Waals surface area contributed by atoms with Crippen LogP contribution in [0.1, 0.15) is 41.5 Å². The van der Waals surface area contributed by atoms with Crippen molar-refractivity contribution in [3.8, 4) is 0 Å². The van der Waals surface area contributed by atoms with Crippen LogP contribution in [0.2, 0.25) is 0 Å². The Morgan fingerprint density at radius 1 is 0.750 bits per heavy atom. The Morgan fingerprint density at radius 2 is 1.19 bits per heavy atom. The zero-order valence-electron chi connectivity index (χ0n) is 19.4. The van der Waals surface area contributed by atoms with E-state index in [-0.39, 0.29) is 38.0 Å². The molecule has 170 valence electrons. The minimum absolute atomic E-state index is 0. The van der Waals surface area contributed by atoms with Crippen LogP contribution in [0.5, 0.6) is 0 Å². The molecular weight excluding hydrogens is 579 g/mol. The van der Waals surface area contributed by atoms with Crippen LogP contribution in [0.25, 0.3) is 32.6 Å². The topological polar surface area (TPSA) is 63.1 Å². The second-order valence-electron chi connectivity index (χ2n) is 9.77. The molecule has 5 heteroatoms. The van der Waals surface area contributed by atoms with Crippen molar-refractivity contribution in [3.63, 3.8) is 0 Å². The molecule has 0 saturated carbocycles. The van der Waals surface area contributed by atoms with Crippen molar-refractivity contribution in [2.24, 2.45) is 10.8 Å². The van der Waals surface area contributed by atoms with Crippen molar-refractivity contribution >= 4 is 38.4 Å². The minimum Gasteiger partial charge on any atom is -0.512 e. The van der Waals surface area contributed by atoms with E-state index in [1.54, 1.807) is 0 Å². The smallest absolute Gasteiger partial charge is 0.164 e. The normalized spacial score (nSPS) is 12.2. The van der Waals surface area contributed by atoms with Gasteiger partial charge in [0, 0.05) is 66.5 Å². The molecule has 4 aromatic rings. The number of hydrogen-bond acceptors (Lipinski definition) is 4. The summed E-state index contributed by atoms with van der Waals surface area (Å²) in [5.74, 6) is 0.104. The molecule has 0 aliphatic rings. The second kappa shape index (κ2) is 9.92. The van der Waals surface area contributed by atoms with Gasteiger partial charge in [0.15, 0.2) is 5.78 Å². The number of aliphatic hydroxyl groups is 1. The van der Waals surface area contributed by atoms with Crippen LogP contribution in [0.3, 0.4) is 0 Å². The Kier molecular flexibility index (Phi) is 7.96. The monoisotopic (exact) mass is 609 g/mol. The summed E-state index contributed by atoms with van der Waals surface area (Å²) in [5.41, 5.74) is 1.29. The maximum absolute atomic E-state index is 11.5. The molecule has 0 bridgehead atoms. The summed E-state index contributed by atoms with van der Waals surface area (Å²) >= 11 is 0. The van der Waals surface area contributed by atoms with Crippen molar-refractivity contribution in [3.05, 3.63) is 72.8 Å². The molecule has 0 unspecified atom stereocenters. The predicted octanol–water partition coefficient (Wildman–Crippen LogP) is 7.02. The van der Waals surface area contributed by atoms with E-state index in [0.29, 0.717) is 0 Å². The number of pyridine rings is 2.